The minimum atomic E-state index is 0.518. The Morgan fingerprint density at radius 3 is 2.38 bits per heavy atom. The van der Waals surface area contributed by atoms with Crippen molar-refractivity contribution in [1.82, 2.24) is 0 Å². The van der Waals surface area contributed by atoms with Gasteiger partial charge in [0.25, 0.3) is 0 Å². The molecule has 0 aliphatic carbocycles. The van der Waals surface area contributed by atoms with E-state index in [9.17, 15) is 0 Å². The number of ether oxygens (including phenoxy) is 1. The number of hydrazone groups is 1. The first-order chi connectivity index (χ1) is 11.8. The molecule has 0 heterocycles. The van der Waals surface area contributed by atoms with E-state index in [1.807, 2.05) is 78.9 Å². The quantitative estimate of drug-likeness (QED) is 0.454. The van der Waals surface area contributed by atoms with Crippen molar-refractivity contribution in [2.75, 3.05) is 5.43 Å². The van der Waals surface area contributed by atoms with Gasteiger partial charge in [-0.1, -0.05) is 58.4 Å². The number of hydrogen-bond acceptors (Lipinski definition) is 3. The topological polar surface area (TPSA) is 33.6 Å². The minimum Gasteiger partial charge on any atom is -0.488 e. The number of halogens is 1. The van der Waals surface area contributed by atoms with Crippen LogP contribution in [0.4, 0.5) is 5.69 Å². The minimum absolute atomic E-state index is 0.518. The van der Waals surface area contributed by atoms with Gasteiger partial charge in [-0.15, -0.1) is 0 Å². The summed E-state index contributed by atoms with van der Waals surface area (Å²) in [5.74, 6) is 0.805. The molecule has 0 aliphatic rings. The number of anilines is 1. The number of benzene rings is 3. The van der Waals surface area contributed by atoms with Crippen molar-refractivity contribution in [2.45, 2.75) is 6.61 Å². The second-order valence-corrected chi connectivity index (χ2v) is 6.10. The smallest absolute Gasteiger partial charge is 0.128 e. The Kier molecular flexibility index (Phi) is 5.64. The van der Waals surface area contributed by atoms with Gasteiger partial charge in [0.05, 0.1) is 11.9 Å². The molecule has 4 heteroatoms. The summed E-state index contributed by atoms with van der Waals surface area (Å²) >= 11 is 3.44. The molecule has 0 spiro atoms. The molecule has 3 rings (SSSR count). The van der Waals surface area contributed by atoms with E-state index in [4.69, 9.17) is 4.74 Å². The molecule has 24 heavy (non-hydrogen) atoms. The first-order valence-electron chi connectivity index (χ1n) is 7.62. The van der Waals surface area contributed by atoms with Crippen LogP contribution in [0.3, 0.4) is 0 Å². The summed E-state index contributed by atoms with van der Waals surface area (Å²) in [6.45, 7) is 0.518. The van der Waals surface area contributed by atoms with Crippen LogP contribution in [0.15, 0.2) is 88.4 Å². The third-order valence-corrected chi connectivity index (χ3v) is 3.93. The zero-order chi connectivity index (χ0) is 16.6. The number of nitrogens with zero attached hydrogens (tertiary/aromatic N) is 1. The van der Waals surface area contributed by atoms with Crippen molar-refractivity contribution in [2.24, 2.45) is 5.10 Å². The Bertz CT molecular complexity index is 801. The summed E-state index contributed by atoms with van der Waals surface area (Å²) in [7, 11) is 0. The van der Waals surface area contributed by atoms with Crippen LogP contribution in [-0.2, 0) is 6.61 Å². The van der Waals surface area contributed by atoms with E-state index in [0.29, 0.717) is 6.61 Å². The van der Waals surface area contributed by atoms with Crippen LogP contribution in [0, 0.1) is 0 Å². The Labute approximate surface area is 150 Å². The summed E-state index contributed by atoms with van der Waals surface area (Å²) in [5, 5.41) is 4.28. The van der Waals surface area contributed by atoms with Gasteiger partial charge in [-0.05, 0) is 42.0 Å². The van der Waals surface area contributed by atoms with E-state index in [1.54, 1.807) is 6.21 Å². The van der Waals surface area contributed by atoms with Crippen LogP contribution in [0.25, 0.3) is 0 Å². The van der Waals surface area contributed by atoms with Crippen molar-refractivity contribution < 1.29 is 4.74 Å². The zero-order valence-corrected chi connectivity index (χ0v) is 14.6. The van der Waals surface area contributed by atoms with E-state index in [0.717, 1.165) is 27.0 Å². The average Bonchev–Trinajstić information content (AvgIpc) is 2.63. The summed E-state index contributed by atoms with van der Waals surface area (Å²) in [4.78, 5) is 0. The van der Waals surface area contributed by atoms with Crippen LogP contribution < -0.4 is 10.2 Å². The van der Waals surface area contributed by atoms with Gasteiger partial charge in [-0.2, -0.15) is 5.10 Å². The van der Waals surface area contributed by atoms with Gasteiger partial charge >= 0.3 is 0 Å². The van der Waals surface area contributed by atoms with Crippen LogP contribution >= 0.6 is 15.9 Å². The summed E-state index contributed by atoms with van der Waals surface area (Å²) < 4.78 is 6.99. The lowest BCUT2D eigenvalue weighted by Gasteiger charge is -2.09. The molecule has 3 aromatic carbocycles. The van der Waals surface area contributed by atoms with Crippen molar-refractivity contribution in [3.05, 3.63) is 94.5 Å². The molecule has 120 valence electrons. The molecule has 0 saturated carbocycles. The number of hydrogen-bond donors (Lipinski definition) is 1. The maximum Gasteiger partial charge on any atom is 0.128 e. The van der Waals surface area contributed by atoms with Crippen LogP contribution in [0.2, 0.25) is 0 Å². The van der Waals surface area contributed by atoms with Gasteiger partial charge in [-0.3, -0.25) is 5.43 Å². The monoisotopic (exact) mass is 380 g/mol. The fourth-order valence-corrected chi connectivity index (χ4v) is 2.41. The molecule has 1 N–H and O–H groups in total. The second-order valence-electron chi connectivity index (χ2n) is 5.19. The SMILES string of the molecule is Brc1ccc(COc2ccccc2/C=N/Nc2ccccc2)cc1. The molecule has 0 bridgehead atoms. The van der Waals surface area contributed by atoms with Gasteiger partial charge in [0, 0.05) is 10.0 Å². The molecular formula is C20H17BrN2O. The highest BCUT2D eigenvalue weighted by molar-refractivity contribution is 9.10. The van der Waals surface area contributed by atoms with Crippen molar-refractivity contribution >= 4 is 27.8 Å². The lowest BCUT2D eigenvalue weighted by atomic mass is 10.2. The maximum absolute atomic E-state index is 5.93. The molecule has 0 atom stereocenters. The number of nitrogens with one attached hydrogen (secondary N) is 1. The normalized spacial score (nSPS) is 10.7. The Morgan fingerprint density at radius 1 is 0.875 bits per heavy atom. The molecule has 3 nitrogen and oxygen atoms in total. The first kappa shape index (κ1) is 16.3. The number of para-hydroxylation sites is 2. The Balaban J connectivity index is 1.65. The Morgan fingerprint density at radius 2 is 1.58 bits per heavy atom. The molecule has 0 aliphatic heterocycles. The predicted molar refractivity (Wildman–Crippen MR) is 103 cm³/mol. The maximum atomic E-state index is 5.93. The van der Waals surface area contributed by atoms with Gasteiger partial charge in [0.1, 0.15) is 12.4 Å². The molecule has 0 fully saturated rings. The summed E-state index contributed by atoms with van der Waals surface area (Å²) in [6.07, 6.45) is 1.77. The van der Waals surface area contributed by atoms with E-state index < -0.39 is 0 Å². The molecule has 0 radical (unpaired) electrons. The van der Waals surface area contributed by atoms with Crippen LogP contribution in [-0.4, -0.2) is 6.21 Å². The fourth-order valence-electron chi connectivity index (χ4n) is 2.15. The zero-order valence-electron chi connectivity index (χ0n) is 13.0. The molecule has 0 aromatic heterocycles. The molecular weight excluding hydrogens is 364 g/mol. The molecule has 3 aromatic rings. The Hall–Kier alpha value is -2.59. The van der Waals surface area contributed by atoms with Crippen molar-refractivity contribution in [3.63, 3.8) is 0 Å². The van der Waals surface area contributed by atoms with Gasteiger partial charge in [0.15, 0.2) is 0 Å². The van der Waals surface area contributed by atoms with Crippen molar-refractivity contribution in [3.8, 4) is 5.75 Å². The second kappa shape index (κ2) is 8.31. The highest BCUT2D eigenvalue weighted by Gasteiger charge is 2.01. The lowest BCUT2D eigenvalue weighted by Crippen LogP contribution is -1.99. The van der Waals surface area contributed by atoms with Crippen LogP contribution in [0.1, 0.15) is 11.1 Å². The predicted octanol–water partition coefficient (Wildman–Crippen LogP) is 5.47. The lowest BCUT2D eigenvalue weighted by molar-refractivity contribution is 0.306. The molecule has 0 amide bonds. The van der Waals surface area contributed by atoms with Gasteiger partial charge in [0.2, 0.25) is 0 Å². The van der Waals surface area contributed by atoms with Crippen molar-refractivity contribution in [1.29, 1.82) is 0 Å². The number of rotatable bonds is 6. The van der Waals surface area contributed by atoms with Gasteiger partial charge in [-0.25, -0.2) is 0 Å². The van der Waals surface area contributed by atoms with Gasteiger partial charge < -0.3 is 4.74 Å². The average molecular weight is 381 g/mol. The third kappa shape index (κ3) is 4.70. The highest BCUT2D eigenvalue weighted by atomic mass is 79.9. The summed E-state index contributed by atoms with van der Waals surface area (Å²) in [6, 6.07) is 25.8. The molecule has 0 saturated heterocycles. The standard InChI is InChI=1S/C20H17BrN2O/c21-18-12-10-16(11-13-18)15-24-20-9-5-4-6-17(20)14-22-23-19-7-2-1-3-8-19/h1-14,23H,15H2/b22-14+. The van der Waals surface area contributed by atoms with E-state index in [1.165, 1.54) is 0 Å². The molecule has 0 unspecified atom stereocenters. The first-order valence-corrected chi connectivity index (χ1v) is 8.41. The highest BCUT2D eigenvalue weighted by Crippen LogP contribution is 2.18. The summed E-state index contributed by atoms with van der Waals surface area (Å²) in [5.41, 5.74) is 6.00. The van der Waals surface area contributed by atoms with E-state index in [2.05, 4.69) is 26.5 Å². The van der Waals surface area contributed by atoms with E-state index in [-0.39, 0.29) is 0 Å². The van der Waals surface area contributed by atoms with Crippen LogP contribution in [0.5, 0.6) is 5.75 Å². The third-order valence-electron chi connectivity index (χ3n) is 3.40. The fraction of sp³-hybridized carbons (Fsp3) is 0.0500. The largest absolute Gasteiger partial charge is 0.488 e. The van der Waals surface area contributed by atoms with E-state index >= 15 is 0 Å².